The van der Waals surface area contributed by atoms with Gasteiger partial charge >= 0.3 is 0 Å². The van der Waals surface area contributed by atoms with Crippen LogP contribution < -0.4 is 10.6 Å². The van der Waals surface area contributed by atoms with Gasteiger partial charge in [-0.15, -0.1) is 0 Å². The molecule has 0 saturated carbocycles. The maximum atomic E-state index is 12.4. The maximum absolute atomic E-state index is 12.4. The number of amides is 2. The third kappa shape index (κ3) is 4.17. The largest absolute Gasteiger partial charge is 0.355 e. The molecule has 128 valence electrons. The van der Waals surface area contributed by atoms with Crippen molar-refractivity contribution in [1.29, 1.82) is 0 Å². The second kappa shape index (κ2) is 8.02. The van der Waals surface area contributed by atoms with Gasteiger partial charge in [0.2, 0.25) is 5.91 Å². The van der Waals surface area contributed by atoms with Crippen molar-refractivity contribution in [2.45, 2.75) is 27.2 Å². The van der Waals surface area contributed by atoms with Gasteiger partial charge in [-0.3, -0.25) is 9.59 Å². The molecule has 2 N–H and O–H groups in total. The number of carbonyl (C=O) groups is 2. The number of carbonyl (C=O) groups excluding carboxylic acids is 2. The molecule has 5 nitrogen and oxygen atoms in total. The van der Waals surface area contributed by atoms with Gasteiger partial charge in [0, 0.05) is 23.6 Å². The lowest BCUT2D eigenvalue weighted by molar-refractivity contribution is -0.120. The zero-order chi connectivity index (χ0) is 17.7. The lowest BCUT2D eigenvalue weighted by Gasteiger charge is -2.13. The second-order valence-electron chi connectivity index (χ2n) is 5.65. The predicted molar refractivity (Wildman–Crippen MR) is 95.9 cm³/mol. The first-order chi connectivity index (χ1) is 11.4. The monoisotopic (exact) mass is 347 g/mol. The van der Waals surface area contributed by atoms with Crippen LogP contribution in [0.15, 0.2) is 30.3 Å². The molecule has 0 unspecified atom stereocenters. The van der Waals surface area contributed by atoms with E-state index in [0.29, 0.717) is 17.1 Å². The van der Waals surface area contributed by atoms with Crippen molar-refractivity contribution in [2.24, 2.45) is 0 Å². The molecule has 1 aromatic heterocycles. The molecule has 2 amide bonds. The minimum absolute atomic E-state index is 0.0685. The third-order valence-corrected chi connectivity index (χ3v) is 4.04. The molecule has 24 heavy (non-hydrogen) atoms. The summed E-state index contributed by atoms with van der Waals surface area (Å²) < 4.78 is 2.04. The van der Waals surface area contributed by atoms with Gasteiger partial charge in [0.15, 0.2) is 0 Å². The molecule has 0 aliphatic rings. The summed E-state index contributed by atoms with van der Waals surface area (Å²) in [5.74, 6) is -0.578. The van der Waals surface area contributed by atoms with Crippen LogP contribution in [0, 0.1) is 13.8 Å². The van der Waals surface area contributed by atoms with Crippen molar-refractivity contribution in [3.05, 3.63) is 52.3 Å². The lowest BCUT2D eigenvalue weighted by Crippen LogP contribution is -2.37. The lowest BCUT2D eigenvalue weighted by atomic mass is 10.1. The number of hydrogen-bond donors (Lipinski definition) is 2. The van der Waals surface area contributed by atoms with Crippen LogP contribution in [0.1, 0.15) is 35.1 Å². The Kier molecular flexibility index (Phi) is 6.04. The van der Waals surface area contributed by atoms with Crippen molar-refractivity contribution in [1.82, 2.24) is 15.2 Å². The molecule has 0 atom stereocenters. The Labute approximate surface area is 147 Å². The molecule has 0 radical (unpaired) electrons. The highest BCUT2D eigenvalue weighted by Gasteiger charge is 2.14. The van der Waals surface area contributed by atoms with E-state index in [0.717, 1.165) is 23.5 Å². The van der Waals surface area contributed by atoms with Gasteiger partial charge < -0.3 is 15.2 Å². The molecule has 0 aliphatic heterocycles. The third-order valence-electron chi connectivity index (χ3n) is 3.71. The topological polar surface area (TPSA) is 63.1 Å². The summed E-state index contributed by atoms with van der Waals surface area (Å²) in [4.78, 5) is 24.0. The Hall–Kier alpha value is -2.27. The molecule has 0 saturated heterocycles. The molecule has 0 bridgehead atoms. The summed E-state index contributed by atoms with van der Waals surface area (Å²) in [5, 5.41) is 5.67. The first-order valence-electron chi connectivity index (χ1n) is 7.93. The normalized spacial score (nSPS) is 10.5. The molecule has 1 heterocycles. The fourth-order valence-electron chi connectivity index (χ4n) is 2.48. The SMILES string of the molecule is CCCNC(=O)CNC(=O)c1cc(-n2c(C)ccc2C)ccc1Cl. The Morgan fingerprint density at radius 1 is 1.08 bits per heavy atom. The summed E-state index contributed by atoms with van der Waals surface area (Å²) >= 11 is 6.16. The van der Waals surface area contributed by atoms with E-state index in [4.69, 9.17) is 11.6 Å². The van der Waals surface area contributed by atoms with Gasteiger partial charge in [0.25, 0.3) is 5.91 Å². The van der Waals surface area contributed by atoms with Crippen LogP contribution in [0.5, 0.6) is 0 Å². The van der Waals surface area contributed by atoms with Crippen molar-refractivity contribution in [3.8, 4) is 5.69 Å². The van der Waals surface area contributed by atoms with Crippen LogP contribution in [0.2, 0.25) is 5.02 Å². The summed E-state index contributed by atoms with van der Waals surface area (Å²) in [6, 6.07) is 9.33. The first kappa shape index (κ1) is 18.1. The molecule has 6 heteroatoms. The van der Waals surface area contributed by atoms with E-state index in [1.54, 1.807) is 12.1 Å². The fourth-order valence-corrected chi connectivity index (χ4v) is 2.69. The predicted octanol–water partition coefficient (Wildman–Crippen LogP) is 3.00. The zero-order valence-electron chi connectivity index (χ0n) is 14.1. The van der Waals surface area contributed by atoms with Gasteiger partial charge in [0.05, 0.1) is 17.1 Å². The second-order valence-corrected chi connectivity index (χ2v) is 6.06. The van der Waals surface area contributed by atoms with Gasteiger partial charge in [-0.25, -0.2) is 0 Å². The fraction of sp³-hybridized carbons (Fsp3) is 0.333. The quantitative estimate of drug-likeness (QED) is 0.843. The summed E-state index contributed by atoms with van der Waals surface area (Å²) in [6.07, 6.45) is 0.850. The minimum atomic E-state index is -0.365. The number of hydrogen-bond acceptors (Lipinski definition) is 2. The molecule has 2 aromatic rings. The van der Waals surface area contributed by atoms with Crippen molar-refractivity contribution < 1.29 is 9.59 Å². The van der Waals surface area contributed by atoms with Gasteiger partial charge in [-0.2, -0.15) is 0 Å². The average molecular weight is 348 g/mol. The summed E-state index contributed by atoms with van der Waals surface area (Å²) in [6.45, 7) is 6.49. The van der Waals surface area contributed by atoms with Crippen LogP contribution in [-0.2, 0) is 4.79 Å². The van der Waals surface area contributed by atoms with E-state index in [1.807, 2.05) is 43.5 Å². The van der Waals surface area contributed by atoms with Crippen LogP contribution in [0.25, 0.3) is 5.69 Å². The number of nitrogens with zero attached hydrogens (tertiary/aromatic N) is 1. The van der Waals surface area contributed by atoms with Gasteiger partial charge in [0.1, 0.15) is 0 Å². The van der Waals surface area contributed by atoms with E-state index in [-0.39, 0.29) is 18.4 Å². The molecule has 1 aromatic carbocycles. The van der Waals surface area contributed by atoms with Crippen molar-refractivity contribution in [3.63, 3.8) is 0 Å². The molecular formula is C18H22ClN3O2. The number of rotatable bonds is 6. The summed E-state index contributed by atoms with van der Waals surface area (Å²) in [5.41, 5.74) is 3.35. The van der Waals surface area contributed by atoms with Crippen molar-refractivity contribution in [2.75, 3.05) is 13.1 Å². The number of aromatic nitrogens is 1. The Bertz CT molecular complexity index is 733. The smallest absolute Gasteiger partial charge is 0.253 e. The van der Waals surface area contributed by atoms with Crippen LogP contribution >= 0.6 is 11.6 Å². The van der Waals surface area contributed by atoms with E-state index >= 15 is 0 Å². The van der Waals surface area contributed by atoms with Crippen molar-refractivity contribution >= 4 is 23.4 Å². The van der Waals surface area contributed by atoms with Crippen LogP contribution in [0.3, 0.4) is 0 Å². The molecule has 0 spiro atoms. The maximum Gasteiger partial charge on any atom is 0.253 e. The van der Waals surface area contributed by atoms with E-state index in [2.05, 4.69) is 10.6 Å². The highest BCUT2D eigenvalue weighted by molar-refractivity contribution is 6.34. The van der Waals surface area contributed by atoms with Crippen LogP contribution in [0.4, 0.5) is 0 Å². The molecule has 0 aliphatic carbocycles. The Balaban J connectivity index is 2.17. The molecular weight excluding hydrogens is 326 g/mol. The summed E-state index contributed by atoms with van der Waals surface area (Å²) in [7, 11) is 0. The van der Waals surface area contributed by atoms with Gasteiger partial charge in [-0.1, -0.05) is 18.5 Å². The molecule has 0 fully saturated rings. The minimum Gasteiger partial charge on any atom is -0.355 e. The van der Waals surface area contributed by atoms with Gasteiger partial charge in [-0.05, 0) is 50.6 Å². The highest BCUT2D eigenvalue weighted by Crippen LogP contribution is 2.22. The molecule has 2 rings (SSSR count). The van der Waals surface area contributed by atoms with E-state index in [9.17, 15) is 9.59 Å². The number of aryl methyl sites for hydroxylation is 2. The Morgan fingerprint density at radius 2 is 1.75 bits per heavy atom. The number of benzene rings is 1. The number of halogens is 1. The first-order valence-corrected chi connectivity index (χ1v) is 8.31. The Morgan fingerprint density at radius 3 is 2.38 bits per heavy atom. The van der Waals surface area contributed by atoms with Crippen LogP contribution in [-0.4, -0.2) is 29.5 Å². The van der Waals surface area contributed by atoms with E-state index in [1.165, 1.54) is 0 Å². The standard InChI is InChI=1S/C18H22ClN3O2/c1-4-9-20-17(23)11-21-18(24)15-10-14(7-8-16(15)19)22-12(2)5-6-13(22)3/h5-8,10H,4,9,11H2,1-3H3,(H,20,23)(H,21,24). The average Bonchev–Trinajstić information content (AvgIpc) is 2.90. The highest BCUT2D eigenvalue weighted by atomic mass is 35.5. The zero-order valence-corrected chi connectivity index (χ0v) is 14.9. The number of nitrogens with one attached hydrogen (secondary N) is 2. The van der Waals surface area contributed by atoms with E-state index < -0.39 is 0 Å².